The monoisotopic (exact) mass is 813 g/mol. The number of halogens is 6. The standard InChI is InChI=1S/C16H16N2O3.C15H15N3O2S.2C2HF3O2/c17-10-12-5-4-6-13(9-12)16(21)18(11-15(19)20)14-7-2-1-3-8-14;16-14(19)13-12(10-5-1-2-6-11(10)21-13)18-15(20)9-4-3-7-17-8-9;2*3-2(4,5)1(6)7/h1-9H,10-11,17H2,(H,19,20);1-8,10-13H,(H2,16,19)(H,18,20);2*(H,6,7). The van der Waals surface area contributed by atoms with Crippen LogP contribution in [0.25, 0.3) is 0 Å². The second-order valence-electron chi connectivity index (χ2n) is 11.1. The third kappa shape index (κ3) is 14.5. The first kappa shape index (κ1) is 45.9. The number of thioether (sulfide) groups is 1. The highest BCUT2D eigenvalue weighted by molar-refractivity contribution is 8.01. The molecule has 4 atom stereocenters. The Hall–Kier alpha value is -6.22. The van der Waals surface area contributed by atoms with Gasteiger partial charge in [-0.1, -0.05) is 54.6 Å². The predicted molar refractivity (Wildman–Crippen MR) is 189 cm³/mol. The van der Waals surface area contributed by atoms with Gasteiger partial charge in [0.1, 0.15) is 11.8 Å². The van der Waals surface area contributed by atoms with Crippen molar-refractivity contribution in [2.45, 2.75) is 35.4 Å². The van der Waals surface area contributed by atoms with E-state index >= 15 is 0 Å². The zero-order valence-electron chi connectivity index (χ0n) is 28.6. The van der Waals surface area contributed by atoms with Crippen LogP contribution in [0.3, 0.4) is 0 Å². The molecule has 1 aliphatic heterocycles. The lowest BCUT2D eigenvalue weighted by Crippen LogP contribution is -2.48. The topological polar surface area (TPSA) is 243 Å². The second-order valence-corrected chi connectivity index (χ2v) is 12.5. The van der Waals surface area contributed by atoms with Gasteiger partial charge < -0.3 is 32.1 Å². The Balaban J connectivity index is 0.000000291. The molecule has 0 radical (unpaired) electrons. The van der Waals surface area contributed by atoms with E-state index in [2.05, 4.69) is 10.3 Å². The largest absolute Gasteiger partial charge is 0.490 e. The lowest BCUT2D eigenvalue weighted by Gasteiger charge is -2.23. The summed E-state index contributed by atoms with van der Waals surface area (Å²) in [7, 11) is 0. The number of nitrogens with two attached hydrogens (primary N) is 2. The highest BCUT2D eigenvalue weighted by Crippen LogP contribution is 2.41. The lowest BCUT2D eigenvalue weighted by molar-refractivity contribution is -0.193. The van der Waals surface area contributed by atoms with Gasteiger partial charge in [0.25, 0.3) is 11.8 Å². The number of carboxylic acid groups (broad SMARTS) is 3. The first-order chi connectivity index (χ1) is 26.2. The van der Waals surface area contributed by atoms with E-state index in [4.69, 9.17) is 36.4 Å². The molecule has 3 aromatic rings. The molecule has 300 valence electrons. The molecule has 0 saturated carbocycles. The number of nitrogens with zero attached hydrogens (tertiary/aromatic N) is 2. The molecule has 1 aromatic heterocycles. The van der Waals surface area contributed by atoms with E-state index in [1.807, 2.05) is 36.4 Å². The summed E-state index contributed by atoms with van der Waals surface area (Å²) >= 11 is 1.51. The third-order valence-corrected chi connectivity index (χ3v) is 8.78. The predicted octanol–water partition coefficient (Wildman–Crippen LogP) is 4.03. The number of primary amides is 1. The third-order valence-electron chi connectivity index (χ3n) is 7.17. The highest BCUT2D eigenvalue weighted by Gasteiger charge is 2.46. The lowest BCUT2D eigenvalue weighted by atomic mass is 9.90. The maximum Gasteiger partial charge on any atom is 0.490 e. The van der Waals surface area contributed by atoms with Gasteiger partial charge in [-0.05, 0) is 42.0 Å². The Morgan fingerprint density at radius 3 is 1.88 bits per heavy atom. The molecular formula is C35H33F6N5O9S. The average Bonchev–Trinajstić information content (AvgIpc) is 3.52. The van der Waals surface area contributed by atoms with E-state index in [9.17, 15) is 45.5 Å². The van der Waals surface area contributed by atoms with Crippen molar-refractivity contribution >= 4 is 53.1 Å². The van der Waals surface area contributed by atoms with Crippen LogP contribution in [0.15, 0.2) is 103 Å². The molecule has 1 aliphatic carbocycles. The summed E-state index contributed by atoms with van der Waals surface area (Å²) in [6.45, 7) is -0.0684. The zero-order valence-corrected chi connectivity index (χ0v) is 29.4. The van der Waals surface area contributed by atoms with Gasteiger partial charge in [0.05, 0.1) is 11.6 Å². The number of rotatable bonds is 8. The van der Waals surface area contributed by atoms with Crippen molar-refractivity contribution < 1.29 is 70.4 Å². The Kier molecular flexibility index (Phi) is 17.2. The van der Waals surface area contributed by atoms with Crippen LogP contribution in [-0.4, -0.2) is 91.4 Å². The van der Waals surface area contributed by atoms with E-state index in [1.165, 1.54) is 22.9 Å². The molecule has 5 rings (SSSR count). The number of pyridine rings is 1. The number of aromatic nitrogens is 1. The smallest absolute Gasteiger partial charge is 0.480 e. The maximum absolute atomic E-state index is 12.6. The van der Waals surface area contributed by atoms with E-state index < -0.39 is 48.0 Å². The van der Waals surface area contributed by atoms with Crippen LogP contribution in [0.2, 0.25) is 0 Å². The zero-order chi connectivity index (χ0) is 42.2. The van der Waals surface area contributed by atoms with Crippen LogP contribution in [0.5, 0.6) is 0 Å². The van der Waals surface area contributed by atoms with Crippen molar-refractivity contribution in [1.82, 2.24) is 10.3 Å². The van der Waals surface area contributed by atoms with Crippen LogP contribution in [0.4, 0.5) is 32.0 Å². The van der Waals surface area contributed by atoms with Gasteiger partial charge >= 0.3 is 30.3 Å². The van der Waals surface area contributed by atoms with Crippen LogP contribution in [-0.2, 0) is 25.7 Å². The Morgan fingerprint density at radius 2 is 1.38 bits per heavy atom. The van der Waals surface area contributed by atoms with Crippen molar-refractivity contribution in [2.75, 3.05) is 11.4 Å². The van der Waals surface area contributed by atoms with Crippen molar-refractivity contribution in [3.05, 3.63) is 120 Å². The average molecular weight is 814 g/mol. The van der Waals surface area contributed by atoms with Gasteiger partial charge in [-0.3, -0.25) is 29.1 Å². The number of benzene rings is 2. The van der Waals surface area contributed by atoms with Gasteiger partial charge in [-0.15, -0.1) is 11.8 Å². The quantitative estimate of drug-likeness (QED) is 0.177. The number of nitrogens with one attached hydrogen (secondary N) is 1. The number of aliphatic carboxylic acids is 3. The number of fused-ring (bicyclic) bond motifs is 1. The summed E-state index contributed by atoms with van der Waals surface area (Å²) in [5.41, 5.74) is 13.3. The minimum Gasteiger partial charge on any atom is -0.480 e. The molecule has 1 fully saturated rings. The van der Waals surface area contributed by atoms with Crippen molar-refractivity contribution in [3.63, 3.8) is 0 Å². The van der Waals surface area contributed by atoms with Crippen LogP contribution < -0.4 is 21.7 Å². The number of para-hydroxylation sites is 1. The summed E-state index contributed by atoms with van der Waals surface area (Å²) in [5.74, 6) is -7.49. The van der Waals surface area contributed by atoms with Crippen LogP contribution in [0, 0.1) is 5.92 Å². The molecule has 2 heterocycles. The van der Waals surface area contributed by atoms with Crippen LogP contribution in [0.1, 0.15) is 26.3 Å². The van der Waals surface area contributed by atoms with Crippen LogP contribution >= 0.6 is 11.8 Å². The van der Waals surface area contributed by atoms with Gasteiger partial charge in [0.15, 0.2) is 0 Å². The fourth-order valence-electron chi connectivity index (χ4n) is 4.68. The first-order valence-corrected chi connectivity index (χ1v) is 16.6. The molecule has 0 bridgehead atoms. The number of allylic oxidation sites excluding steroid dienone is 2. The minimum absolute atomic E-state index is 0.0816. The molecule has 3 amide bonds. The number of anilines is 1. The Morgan fingerprint density at radius 1 is 0.804 bits per heavy atom. The molecule has 2 aromatic carbocycles. The van der Waals surface area contributed by atoms with Gasteiger partial charge in [-0.2, -0.15) is 26.3 Å². The molecule has 21 heteroatoms. The molecule has 56 heavy (non-hydrogen) atoms. The molecule has 14 nitrogen and oxygen atoms in total. The Labute approximate surface area is 317 Å². The second kappa shape index (κ2) is 21.0. The number of alkyl halides is 6. The molecule has 2 aliphatic rings. The fraction of sp³-hybridized carbons (Fsp3) is 0.229. The number of amides is 3. The van der Waals surface area contributed by atoms with E-state index in [-0.39, 0.29) is 29.0 Å². The molecule has 8 N–H and O–H groups in total. The SMILES string of the molecule is NC(=O)C1SC2C=CC=CC2C1NC(=O)c1cccnc1.NCc1cccc(C(=O)N(CC(=O)O)c2ccccc2)c1.O=C(O)C(F)(F)F.O=C(O)C(F)(F)F. The molecule has 1 saturated heterocycles. The Bertz CT molecular complexity index is 1870. The van der Waals surface area contributed by atoms with E-state index in [0.717, 1.165) is 5.56 Å². The van der Waals surface area contributed by atoms with Crippen molar-refractivity contribution in [3.8, 4) is 0 Å². The van der Waals surface area contributed by atoms with Gasteiger partial charge in [0.2, 0.25) is 5.91 Å². The number of hydrogen-bond acceptors (Lipinski definition) is 9. The number of hydrogen-bond donors (Lipinski definition) is 6. The van der Waals surface area contributed by atoms with E-state index in [0.29, 0.717) is 23.4 Å². The number of carboxylic acids is 3. The van der Waals surface area contributed by atoms with Crippen molar-refractivity contribution in [1.29, 1.82) is 0 Å². The normalized spacial score (nSPS) is 17.8. The van der Waals surface area contributed by atoms with E-state index in [1.54, 1.807) is 60.8 Å². The summed E-state index contributed by atoms with van der Waals surface area (Å²) in [5, 5.41) is 26.0. The van der Waals surface area contributed by atoms with Crippen molar-refractivity contribution in [2.24, 2.45) is 17.4 Å². The fourth-order valence-corrected chi connectivity index (χ4v) is 6.19. The summed E-state index contributed by atoms with van der Waals surface area (Å²) in [6.07, 6.45) is 0.909. The maximum atomic E-state index is 12.6. The summed E-state index contributed by atoms with van der Waals surface area (Å²) in [6, 6.07) is 18.7. The minimum atomic E-state index is -5.08. The number of carbonyl (C=O) groups is 6. The molecule has 4 unspecified atom stereocenters. The summed E-state index contributed by atoms with van der Waals surface area (Å²) in [4.78, 5) is 70.5. The first-order valence-electron chi connectivity index (χ1n) is 15.7. The molecular weight excluding hydrogens is 780 g/mol. The highest BCUT2D eigenvalue weighted by atomic mass is 32.2. The van der Waals surface area contributed by atoms with Gasteiger partial charge in [-0.25, -0.2) is 9.59 Å². The summed E-state index contributed by atoms with van der Waals surface area (Å²) < 4.78 is 63.5. The number of carbonyl (C=O) groups excluding carboxylic acids is 3. The molecule has 0 spiro atoms. The van der Waals surface area contributed by atoms with Gasteiger partial charge in [0, 0.05) is 41.4 Å².